The van der Waals surface area contributed by atoms with Crippen LogP contribution in [0.1, 0.15) is 128 Å². The molecule has 2 aromatic rings. The van der Waals surface area contributed by atoms with E-state index in [0.717, 1.165) is 33.4 Å². The highest BCUT2D eigenvalue weighted by atomic mass is 31.2. The molecule has 0 aliphatic rings. The monoisotopic (exact) mass is 652 g/mol. The SMILES string of the molecule is CC(C)(C)c1cc(CN)cc(C(C)(C)C)c1C(O)(c1c(C(C)(C)C)cc(CN)cc1C(C)(C)C)C(CO)(CO)CO.OP(O)O. The van der Waals surface area contributed by atoms with Crippen LogP contribution in [0.15, 0.2) is 24.3 Å². The van der Waals surface area contributed by atoms with Crippen molar-refractivity contribution in [2.75, 3.05) is 19.8 Å². The van der Waals surface area contributed by atoms with Gasteiger partial charge in [0.05, 0.1) is 25.2 Å². The number of benzene rings is 2. The molecule has 0 aliphatic heterocycles. The molecule has 0 bridgehead atoms. The van der Waals surface area contributed by atoms with E-state index in [2.05, 4.69) is 83.1 Å². The highest BCUT2D eigenvalue weighted by Crippen LogP contribution is 2.55. The lowest BCUT2D eigenvalue weighted by Crippen LogP contribution is -2.57. The molecule has 258 valence electrons. The van der Waals surface area contributed by atoms with E-state index in [4.69, 9.17) is 26.1 Å². The van der Waals surface area contributed by atoms with Gasteiger partial charge in [-0.25, -0.2) is 0 Å². The first-order chi connectivity index (χ1) is 20.2. The second kappa shape index (κ2) is 14.7. The second-order valence-electron chi connectivity index (χ2n) is 16.3. The van der Waals surface area contributed by atoms with Gasteiger partial charge in [0.15, 0.2) is 0 Å². The Labute approximate surface area is 272 Å². The molecule has 0 spiro atoms. The van der Waals surface area contributed by atoms with Crippen LogP contribution in [0.25, 0.3) is 0 Å². The molecule has 0 atom stereocenters. The molecule has 0 radical (unpaired) electrons. The summed E-state index contributed by atoms with van der Waals surface area (Å²) in [5.41, 5.74) is 13.3. The molecular formula is C35H61N2O7P. The van der Waals surface area contributed by atoms with Gasteiger partial charge in [-0.05, 0) is 66.2 Å². The van der Waals surface area contributed by atoms with Crippen molar-refractivity contribution in [3.8, 4) is 0 Å². The van der Waals surface area contributed by atoms with Crippen molar-refractivity contribution < 1.29 is 35.1 Å². The molecule has 0 aliphatic carbocycles. The molecule has 0 fully saturated rings. The molecule has 11 N–H and O–H groups in total. The largest absolute Gasteiger partial charge is 0.395 e. The van der Waals surface area contributed by atoms with Gasteiger partial charge in [-0.2, -0.15) is 0 Å². The minimum absolute atomic E-state index is 0.321. The van der Waals surface area contributed by atoms with Gasteiger partial charge in [0.2, 0.25) is 0 Å². The lowest BCUT2D eigenvalue weighted by molar-refractivity contribution is -0.138. The molecule has 0 aromatic heterocycles. The van der Waals surface area contributed by atoms with Gasteiger partial charge in [-0.15, -0.1) is 0 Å². The number of hydrogen-bond donors (Lipinski definition) is 9. The Balaban J connectivity index is 0.00000238. The first-order valence-corrected chi connectivity index (χ1v) is 16.6. The number of nitrogens with two attached hydrogens (primary N) is 2. The number of hydrogen-bond acceptors (Lipinski definition) is 9. The van der Waals surface area contributed by atoms with Gasteiger partial charge in [0.25, 0.3) is 0 Å². The van der Waals surface area contributed by atoms with E-state index in [1.807, 2.05) is 24.3 Å². The first-order valence-electron chi connectivity index (χ1n) is 15.4. The standard InChI is InChI=1S/C35H58N2O4.H3O3P/c1-30(2,3)24-13-22(17-36)14-25(31(4,5)6)28(24)35(41,34(19-38,20-39)21-40)29-26(32(7,8)9)15-23(18-37)16-27(29)33(10,11)12;1-4(2)3/h13-16,38-41H,17-21,36-37H2,1-12H3;1-3H. The van der Waals surface area contributed by atoms with Gasteiger partial charge in [0.1, 0.15) is 5.60 Å². The second-order valence-corrected chi connectivity index (χ2v) is 16.8. The van der Waals surface area contributed by atoms with E-state index in [-0.39, 0.29) is 0 Å². The van der Waals surface area contributed by atoms with Crippen molar-refractivity contribution in [3.63, 3.8) is 0 Å². The Kier molecular flexibility index (Phi) is 13.6. The van der Waals surface area contributed by atoms with E-state index < -0.39 is 61.1 Å². The molecule has 2 aromatic carbocycles. The maximum Gasteiger partial charge on any atom is 0.324 e. The van der Waals surface area contributed by atoms with Gasteiger partial charge in [-0.1, -0.05) is 107 Å². The topological polar surface area (TPSA) is 194 Å². The minimum atomic E-state index is -2.62. The number of rotatable bonds is 8. The van der Waals surface area contributed by atoms with Crippen LogP contribution < -0.4 is 11.5 Å². The summed E-state index contributed by atoms with van der Waals surface area (Å²) < 4.78 is 0. The highest BCUT2D eigenvalue weighted by molar-refractivity contribution is 7.38. The summed E-state index contributed by atoms with van der Waals surface area (Å²) in [6.07, 6.45) is 0. The van der Waals surface area contributed by atoms with Crippen LogP contribution in [0.4, 0.5) is 0 Å². The highest BCUT2D eigenvalue weighted by Gasteiger charge is 2.58. The van der Waals surface area contributed by atoms with Crippen LogP contribution in [0.5, 0.6) is 0 Å². The smallest absolute Gasteiger partial charge is 0.324 e. The summed E-state index contributed by atoms with van der Waals surface area (Å²) in [6, 6.07) is 8.14. The summed E-state index contributed by atoms with van der Waals surface area (Å²) in [5.74, 6) is 0. The van der Waals surface area contributed by atoms with Crippen molar-refractivity contribution in [3.05, 3.63) is 68.8 Å². The Morgan fingerprint density at radius 1 is 0.511 bits per heavy atom. The summed E-state index contributed by atoms with van der Waals surface area (Å²) >= 11 is 0. The maximum absolute atomic E-state index is 13.8. The van der Waals surface area contributed by atoms with Crippen LogP contribution in [0.2, 0.25) is 0 Å². The fourth-order valence-corrected chi connectivity index (χ4v) is 5.93. The molecule has 0 saturated heterocycles. The Morgan fingerprint density at radius 3 is 0.844 bits per heavy atom. The average molecular weight is 653 g/mol. The Bertz CT molecular complexity index is 1110. The summed E-state index contributed by atoms with van der Waals surface area (Å²) in [6.45, 7) is 23.8. The third kappa shape index (κ3) is 8.90. The fraction of sp³-hybridized carbons (Fsp3) is 0.657. The van der Waals surface area contributed by atoms with Gasteiger partial charge in [0, 0.05) is 13.1 Å². The van der Waals surface area contributed by atoms with Gasteiger partial charge >= 0.3 is 8.60 Å². The molecular weight excluding hydrogens is 591 g/mol. The molecule has 0 saturated carbocycles. The molecule has 0 heterocycles. The van der Waals surface area contributed by atoms with E-state index in [0.29, 0.717) is 24.2 Å². The zero-order chi connectivity index (χ0) is 35.6. The van der Waals surface area contributed by atoms with Gasteiger partial charge in [-0.3, -0.25) is 0 Å². The quantitative estimate of drug-likeness (QED) is 0.188. The van der Waals surface area contributed by atoms with E-state index >= 15 is 0 Å². The summed E-state index contributed by atoms with van der Waals surface area (Å²) in [4.78, 5) is 21.7. The van der Waals surface area contributed by atoms with Crippen molar-refractivity contribution in [2.24, 2.45) is 16.9 Å². The van der Waals surface area contributed by atoms with E-state index in [1.165, 1.54) is 0 Å². The molecule has 0 amide bonds. The third-order valence-electron chi connectivity index (χ3n) is 8.50. The minimum Gasteiger partial charge on any atom is -0.395 e. The lowest BCUT2D eigenvalue weighted by atomic mass is 9.56. The maximum atomic E-state index is 13.8. The zero-order valence-corrected chi connectivity index (χ0v) is 30.5. The number of aliphatic hydroxyl groups excluding tert-OH is 3. The van der Waals surface area contributed by atoms with E-state index in [9.17, 15) is 20.4 Å². The van der Waals surface area contributed by atoms with Crippen LogP contribution in [-0.2, 0) is 40.4 Å². The van der Waals surface area contributed by atoms with Crippen molar-refractivity contribution in [1.29, 1.82) is 0 Å². The van der Waals surface area contributed by atoms with Crippen molar-refractivity contribution >= 4 is 8.60 Å². The fourth-order valence-electron chi connectivity index (χ4n) is 5.93. The first kappa shape index (κ1) is 41.5. The van der Waals surface area contributed by atoms with E-state index in [1.54, 1.807) is 0 Å². The van der Waals surface area contributed by atoms with Crippen LogP contribution in [0.3, 0.4) is 0 Å². The van der Waals surface area contributed by atoms with Crippen LogP contribution >= 0.6 is 8.60 Å². The van der Waals surface area contributed by atoms with Crippen molar-refractivity contribution in [1.82, 2.24) is 0 Å². The summed E-state index contributed by atoms with van der Waals surface area (Å²) in [5, 5.41) is 47.1. The molecule has 0 unspecified atom stereocenters. The van der Waals surface area contributed by atoms with Crippen LogP contribution in [0, 0.1) is 5.41 Å². The molecule has 10 heteroatoms. The zero-order valence-electron chi connectivity index (χ0n) is 29.6. The lowest BCUT2D eigenvalue weighted by Gasteiger charge is -2.52. The third-order valence-corrected chi connectivity index (χ3v) is 8.50. The van der Waals surface area contributed by atoms with Crippen molar-refractivity contribution in [2.45, 2.75) is 123 Å². The Morgan fingerprint density at radius 2 is 0.711 bits per heavy atom. The normalized spacial score (nSPS) is 13.6. The summed E-state index contributed by atoms with van der Waals surface area (Å²) in [7, 11) is -2.62. The molecule has 45 heavy (non-hydrogen) atoms. The molecule has 2 rings (SSSR count). The predicted octanol–water partition coefficient (Wildman–Crippen LogP) is 4.18. The number of aliphatic hydroxyl groups is 4. The average Bonchev–Trinajstić information content (AvgIpc) is 2.90. The van der Waals surface area contributed by atoms with Crippen LogP contribution in [-0.4, -0.2) is 54.9 Å². The Hall–Kier alpha value is -1.49. The predicted molar refractivity (Wildman–Crippen MR) is 184 cm³/mol. The molecule has 9 nitrogen and oxygen atoms in total. The van der Waals surface area contributed by atoms with Gasteiger partial charge < -0.3 is 46.6 Å².